The van der Waals surface area contributed by atoms with E-state index in [0.29, 0.717) is 5.69 Å². The SMILES string of the molecule is CCOC(=O)c1cnc(Nc2cccc(O)c2)nc1NOCc1ccccc1. The predicted octanol–water partition coefficient (Wildman–Crippen LogP) is 3.65. The molecule has 3 N–H and O–H groups in total. The monoisotopic (exact) mass is 380 g/mol. The highest BCUT2D eigenvalue weighted by atomic mass is 16.6. The van der Waals surface area contributed by atoms with Crippen LogP contribution in [0.25, 0.3) is 0 Å². The number of esters is 1. The largest absolute Gasteiger partial charge is 0.508 e. The van der Waals surface area contributed by atoms with Crippen molar-refractivity contribution in [1.29, 1.82) is 0 Å². The zero-order chi connectivity index (χ0) is 19.8. The molecule has 0 saturated carbocycles. The van der Waals surface area contributed by atoms with Gasteiger partial charge in [0.25, 0.3) is 0 Å². The number of nitrogens with zero attached hydrogens (tertiary/aromatic N) is 2. The molecule has 8 heteroatoms. The minimum absolute atomic E-state index is 0.109. The van der Waals surface area contributed by atoms with Gasteiger partial charge in [-0.25, -0.2) is 15.3 Å². The van der Waals surface area contributed by atoms with Gasteiger partial charge < -0.3 is 15.2 Å². The molecule has 28 heavy (non-hydrogen) atoms. The maximum Gasteiger partial charge on any atom is 0.343 e. The van der Waals surface area contributed by atoms with Crippen LogP contribution in [0.15, 0.2) is 60.8 Å². The van der Waals surface area contributed by atoms with Crippen LogP contribution in [-0.2, 0) is 16.2 Å². The second-order valence-corrected chi connectivity index (χ2v) is 5.73. The molecule has 0 aliphatic heterocycles. The van der Waals surface area contributed by atoms with E-state index in [4.69, 9.17) is 9.57 Å². The van der Waals surface area contributed by atoms with E-state index < -0.39 is 5.97 Å². The standard InChI is InChI=1S/C20H20N4O4/c1-2-27-19(26)17-12-21-20(22-15-9-6-10-16(25)11-15)23-18(17)24-28-13-14-7-4-3-5-8-14/h3-12,25H,2,13H2,1H3,(H2,21,22,23,24). The summed E-state index contributed by atoms with van der Waals surface area (Å²) in [6, 6.07) is 16.1. The van der Waals surface area contributed by atoms with Crippen molar-refractivity contribution in [1.82, 2.24) is 9.97 Å². The maximum absolute atomic E-state index is 12.2. The molecule has 0 atom stereocenters. The summed E-state index contributed by atoms with van der Waals surface area (Å²) in [4.78, 5) is 26.1. The molecule has 0 saturated heterocycles. The van der Waals surface area contributed by atoms with E-state index in [-0.39, 0.29) is 36.3 Å². The fourth-order valence-corrected chi connectivity index (χ4v) is 2.35. The van der Waals surface area contributed by atoms with Crippen molar-refractivity contribution in [2.75, 3.05) is 17.4 Å². The predicted molar refractivity (Wildman–Crippen MR) is 104 cm³/mol. The smallest absolute Gasteiger partial charge is 0.343 e. The molecule has 0 aliphatic rings. The Labute approximate surface area is 162 Å². The average molecular weight is 380 g/mol. The molecule has 0 aliphatic carbocycles. The Morgan fingerprint density at radius 2 is 1.96 bits per heavy atom. The Balaban J connectivity index is 1.77. The Hall–Kier alpha value is -3.65. The molecule has 3 rings (SSSR count). The topological polar surface area (TPSA) is 106 Å². The molecular weight excluding hydrogens is 360 g/mol. The molecule has 144 valence electrons. The number of benzene rings is 2. The van der Waals surface area contributed by atoms with Crippen LogP contribution in [0.1, 0.15) is 22.8 Å². The zero-order valence-corrected chi connectivity index (χ0v) is 15.3. The van der Waals surface area contributed by atoms with Crippen molar-refractivity contribution in [2.24, 2.45) is 0 Å². The molecule has 0 bridgehead atoms. The lowest BCUT2D eigenvalue weighted by Crippen LogP contribution is -2.14. The molecule has 2 aromatic carbocycles. The molecule has 0 radical (unpaired) electrons. The zero-order valence-electron chi connectivity index (χ0n) is 15.3. The van der Waals surface area contributed by atoms with Crippen molar-refractivity contribution in [3.63, 3.8) is 0 Å². The fourth-order valence-electron chi connectivity index (χ4n) is 2.35. The Kier molecular flexibility index (Phi) is 6.37. The summed E-state index contributed by atoms with van der Waals surface area (Å²) < 4.78 is 5.04. The molecule has 0 spiro atoms. The second-order valence-electron chi connectivity index (χ2n) is 5.73. The number of anilines is 3. The number of phenols is 1. The van der Waals surface area contributed by atoms with Crippen LogP contribution < -0.4 is 10.8 Å². The number of hydrogen-bond donors (Lipinski definition) is 3. The third-order valence-electron chi connectivity index (χ3n) is 3.64. The van der Waals surface area contributed by atoms with Gasteiger partial charge in [0.1, 0.15) is 11.3 Å². The van der Waals surface area contributed by atoms with Gasteiger partial charge in [0, 0.05) is 18.0 Å². The van der Waals surface area contributed by atoms with E-state index >= 15 is 0 Å². The minimum Gasteiger partial charge on any atom is -0.508 e. The van der Waals surface area contributed by atoms with Crippen LogP contribution in [0.4, 0.5) is 17.5 Å². The number of aromatic nitrogens is 2. The van der Waals surface area contributed by atoms with Crippen LogP contribution in [-0.4, -0.2) is 27.7 Å². The van der Waals surface area contributed by atoms with Crippen LogP contribution in [0.5, 0.6) is 5.75 Å². The van der Waals surface area contributed by atoms with Gasteiger partial charge in [-0.3, -0.25) is 4.84 Å². The number of carbonyl (C=O) groups is 1. The molecule has 8 nitrogen and oxygen atoms in total. The quantitative estimate of drug-likeness (QED) is 0.402. The summed E-state index contributed by atoms with van der Waals surface area (Å²) in [5.74, 6) is -0.0496. The lowest BCUT2D eigenvalue weighted by molar-refractivity contribution is 0.0524. The van der Waals surface area contributed by atoms with Crippen LogP contribution >= 0.6 is 0 Å². The molecule has 3 aromatic rings. The van der Waals surface area contributed by atoms with Crippen LogP contribution in [0, 0.1) is 0 Å². The van der Waals surface area contributed by atoms with Crippen molar-refractivity contribution in [3.05, 3.63) is 71.9 Å². The van der Waals surface area contributed by atoms with E-state index in [1.165, 1.54) is 12.3 Å². The third kappa shape index (κ3) is 5.18. The molecule has 0 fully saturated rings. The van der Waals surface area contributed by atoms with Crippen molar-refractivity contribution in [2.45, 2.75) is 13.5 Å². The number of nitrogens with one attached hydrogen (secondary N) is 2. The summed E-state index contributed by atoms with van der Waals surface area (Å²) in [6.07, 6.45) is 1.35. The van der Waals surface area contributed by atoms with Crippen LogP contribution in [0.3, 0.4) is 0 Å². The van der Waals surface area contributed by atoms with Crippen molar-refractivity contribution in [3.8, 4) is 5.75 Å². The maximum atomic E-state index is 12.2. The number of hydrogen-bond acceptors (Lipinski definition) is 8. The van der Waals surface area contributed by atoms with Gasteiger partial charge in [-0.15, -0.1) is 0 Å². The highest BCUT2D eigenvalue weighted by Crippen LogP contribution is 2.21. The lowest BCUT2D eigenvalue weighted by Gasteiger charge is -2.12. The second kappa shape index (κ2) is 9.33. The number of phenolic OH excluding ortho intramolecular Hbond substituents is 1. The summed E-state index contributed by atoms with van der Waals surface area (Å²) in [7, 11) is 0. The van der Waals surface area contributed by atoms with E-state index in [2.05, 4.69) is 20.8 Å². The van der Waals surface area contributed by atoms with E-state index in [1.54, 1.807) is 25.1 Å². The third-order valence-corrected chi connectivity index (χ3v) is 3.64. The van der Waals surface area contributed by atoms with Crippen LogP contribution in [0.2, 0.25) is 0 Å². The van der Waals surface area contributed by atoms with E-state index in [9.17, 15) is 9.90 Å². The first-order valence-corrected chi connectivity index (χ1v) is 8.67. The summed E-state index contributed by atoms with van der Waals surface area (Å²) >= 11 is 0. The molecule has 0 unspecified atom stereocenters. The van der Waals surface area contributed by atoms with Gasteiger partial charge in [-0.1, -0.05) is 36.4 Å². The molecule has 1 heterocycles. The molecular formula is C20H20N4O4. The summed E-state index contributed by atoms with van der Waals surface area (Å²) in [5, 5.41) is 12.5. The Bertz CT molecular complexity index is 934. The van der Waals surface area contributed by atoms with E-state index in [0.717, 1.165) is 5.56 Å². The summed E-state index contributed by atoms with van der Waals surface area (Å²) in [6.45, 7) is 2.23. The molecule has 1 aromatic heterocycles. The van der Waals surface area contributed by atoms with Gasteiger partial charge in [0.15, 0.2) is 5.82 Å². The normalized spacial score (nSPS) is 10.3. The molecule has 0 amide bonds. The fraction of sp³-hybridized carbons (Fsp3) is 0.150. The van der Waals surface area contributed by atoms with E-state index in [1.807, 2.05) is 30.3 Å². The Morgan fingerprint density at radius 1 is 1.14 bits per heavy atom. The van der Waals surface area contributed by atoms with Crippen molar-refractivity contribution < 1.29 is 19.5 Å². The first-order valence-electron chi connectivity index (χ1n) is 8.67. The highest BCUT2D eigenvalue weighted by Gasteiger charge is 2.16. The van der Waals surface area contributed by atoms with Gasteiger partial charge in [0.2, 0.25) is 5.95 Å². The first-order chi connectivity index (χ1) is 13.7. The number of rotatable bonds is 8. The van der Waals surface area contributed by atoms with Gasteiger partial charge >= 0.3 is 5.97 Å². The van der Waals surface area contributed by atoms with Gasteiger partial charge in [-0.05, 0) is 24.6 Å². The number of aromatic hydroxyl groups is 1. The lowest BCUT2D eigenvalue weighted by atomic mass is 10.2. The average Bonchev–Trinajstić information content (AvgIpc) is 2.69. The number of ether oxygens (including phenoxy) is 1. The van der Waals surface area contributed by atoms with Gasteiger partial charge in [-0.2, -0.15) is 4.98 Å². The summed E-state index contributed by atoms with van der Waals surface area (Å²) in [5.41, 5.74) is 4.40. The van der Waals surface area contributed by atoms with Gasteiger partial charge in [0.05, 0.1) is 13.2 Å². The first kappa shape index (κ1) is 19.1. The number of carbonyl (C=O) groups excluding carboxylic acids is 1. The van der Waals surface area contributed by atoms with Crippen molar-refractivity contribution >= 4 is 23.4 Å². The Morgan fingerprint density at radius 3 is 2.71 bits per heavy atom. The highest BCUT2D eigenvalue weighted by molar-refractivity contribution is 5.94. The minimum atomic E-state index is -0.558.